The molecule has 1 saturated heterocycles. The Balaban J connectivity index is 1.34. The Morgan fingerprint density at radius 3 is 2.88 bits per heavy atom. The maximum atomic E-state index is 12.9. The molecule has 1 N–H and O–H groups in total. The van der Waals surface area contributed by atoms with Gasteiger partial charge in [0.15, 0.2) is 0 Å². The van der Waals surface area contributed by atoms with E-state index in [1.165, 1.54) is 7.11 Å². The molecule has 10 nitrogen and oxygen atoms in total. The topological polar surface area (TPSA) is 115 Å². The molecule has 3 aromatic heterocycles. The molecule has 4 heterocycles. The van der Waals surface area contributed by atoms with Crippen LogP contribution in [-0.2, 0) is 4.74 Å². The number of carbonyl (C=O) groups excluding carboxylic acids is 2. The summed E-state index contributed by atoms with van der Waals surface area (Å²) in [7, 11) is 1.35. The van der Waals surface area contributed by atoms with Crippen LogP contribution in [-0.4, -0.2) is 56.6 Å². The van der Waals surface area contributed by atoms with Crippen LogP contribution in [0.25, 0.3) is 17.0 Å². The van der Waals surface area contributed by atoms with Crippen molar-refractivity contribution in [3.05, 3.63) is 65.9 Å². The van der Waals surface area contributed by atoms with Gasteiger partial charge in [0.05, 0.1) is 19.2 Å². The number of ether oxygens (including phenoxy) is 1. The Labute approximate surface area is 182 Å². The van der Waals surface area contributed by atoms with Crippen LogP contribution in [0.3, 0.4) is 0 Å². The number of pyridine rings is 1. The number of hydrogen-bond donors (Lipinski definition) is 1. The molecule has 32 heavy (non-hydrogen) atoms. The second-order valence-electron chi connectivity index (χ2n) is 7.58. The number of carbonyl (C=O) groups is 2. The standard InChI is InChI=1S/C22H20N6O4/c1-13-6-7-14(19-25-21(32-26-19)15-11-27(12-15)22(30)31-2)9-16(13)24-20(29)17-10-23-18-5-3-4-8-28(17)18/h3-10,15H,11-12H2,1-2H3,(H,24,29). The SMILES string of the molecule is COC(=O)N1CC(c2nc(-c3ccc(C)c(NC(=O)c4cnc5ccccn45)c3)no2)C1. The Bertz CT molecular complexity index is 1320. The number of aryl methyl sites for hydroxylation is 1. The van der Waals surface area contributed by atoms with Crippen LogP contribution < -0.4 is 5.32 Å². The first kappa shape index (κ1) is 19.7. The molecule has 0 aliphatic carbocycles. The highest BCUT2D eigenvalue weighted by atomic mass is 16.5. The maximum absolute atomic E-state index is 12.9. The van der Waals surface area contributed by atoms with E-state index in [2.05, 4.69) is 20.4 Å². The van der Waals surface area contributed by atoms with Gasteiger partial charge in [0.1, 0.15) is 11.3 Å². The molecule has 1 aromatic carbocycles. The summed E-state index contributed by atoms with van der Waals surface area (Å²) in [5.74, 6) is 0.601. The van der Waals surface area contributed by atoms with Gasteiger partial charge in [-0.15, -0.1) is 0 Å². The molecule has 1 aliphatic heterocycles. The number of nitrogens with zero attached hydrogens (tertiary/aromatic N) is 5. The second-order valence-corrected chi connectivity index (χ2v) is 7.58. The molecular weight excluding hydrogens is 412 g/mol. The van der Waals surface area contributed by atoms with E-state index in [-0.39, 0.29) is 17.9 Å². The summed E-state index contributed by atoms with van der Waals surface area (Å²) in [6.45, 7) is 2.86. The maximum Gasteiger partial charge on any atom is 0.409 e. The monoisotopic (exact) mass is 432 g/mol. The van der Waals surface area contributed by atoms with Crippen LogP contribution in [0.2, 0.25) is 0 Å². The number of likely N-dealkylation sites (tertiary alicyclic amines) is 1. The summed E-state index contributed by atoms with van der Waals surface area (Å²) in [5.41, 5.74) is 3.39. The van der Waals surface area contributed by atoms with E-state index in [0.717, 1.165) is 5.56 Å². The highest BCUT2D eigenvalue weighted by Gasteiger charge is 2.36. The van der Waals surface area contributed by atoms with Crippen LogP contribution in [0.5, 0.6) is 0 Å². The van der Waals surface area contributed by atoms with E-state index in [4.69, 9.17) is 9.26 Å². The van der Waals surface area contributed by atoms with Crippen LogP contribution in [0.1, 0.15) is 27.9 Å². The quantitative estimate of drug-likeness (QED) is 0.527. The van der Waals surface area contributed by atoms with E-state index in [9.17, 15) is 9.59 Å². The molecule has 0 spiro atoms. The number of nitrogens with one attached hydrogen (secondary N) is 1. The first-order chi connectivity index (χ1) is 15.5. The molecule has 5 rings (SSSR count). The van der Waals surface area contributed by atoms with Crippen molar-refractivity contribution >= 4 is 23.3 Å². The fraction of sp³-hybridized carbons (Fsp3) is 0.227. The van der Waals surface area contributed by atoms with Crippen molar-refractivity contribution in [2.45, 2.75) is 12.8 Å². The van der Waals surface area contributed by atoms with Gasteiger partial charge in [-0.1, -0.05) is 23.4 Å². The lowest BCUT2D eigenvalue weighted by molar-refractivity contribution is 0.0804. The van der Waals surface area contributed by atoms with Gasteiger partial charge in [0, 0.05) is 30.5 Å². The van der Waals surface area contributed by atoms with Crippen molar-refractivity contribution in [2.75, 3.05) is 25.5 Å². The molecular formula is C22H20N6O4. The van der Waals surface area contributed by atoms with Crippen molar-refractivity contribution in [1.29, 1.82) is 0 Å². The van der Waals surface area contributed by atoms with Crippen LogP contribution >= 0.6 is 0 Å². The van der Waals surface area contributed by atoms with Crippen molar-refractivity contribution < 1.29 is 18.8 Å². The zero-order valence-corrected chi connectivity index (χ0v) is 17.5. The fourth-order valence-electron chi connectivity index (χ4n) is 3.61. The largest absolute Gasteiger partial charge is 0.453 e. The average molecular weight is 432 g/mol. The number of benzene rings is 1. The molecule has 4 aromatic rings. The van der Waals surface area contributed by atoms with Crippen molar-refractivity contribution in [3.8, 4) is 11.4 Å². The third-order valence-corrected chi connectivity index (χ3v) is 5.50. The number of amides is 2. The van der Waals surface area contributed by atoms with Gasteiger partial charge in [0.25, 0.3) is 5.91 Å². The third kappa shape index (κ3) is 3.45. The number of imidazole rings is 1. The Hall–Kier alpha value is -4.21. The number of methoxy groups -OCH3 is 1. The van der Waals surface area contributed by atoms with Gasteiger partial charge in [-0.3, -0.25) is 9.20 Å². The van der Waals surface area contributed by atoms with Crippen molar-refractivity contribution in [1.82, 2.24) is 24.4 Å². The number of hydrogen-bond acceptors (Lipinski definition) is 7. The van der Waals surface area contributed by atoms with Crippen molar-refractivity contribution in [3.63, 3.8) is 0 Å². The van der Waals surface area contributed by atoms with E-state index in [1.54, 1.807) is 21.7 Å². The highest BCUT2D eigenvalue weighted by molar-refractivity contribution is 6.04. The normalized spacial score (nSPS) is 13.8. The van der Waals surface area contributed by atoms with Crippen LogP contribution in [0.15, 0.2) is 53.3 Å². The summed E-state index contributed by atoms with van der Waals surface area (Å²) < 4.78 is 11.8. The van der Waals surface area contributed by atoms with E-state index >= 15 is 0 Å². The lowest BCUT2D eigenvalue weighted by atomic mass is 10.0. The Morgan fingerprint density at radius 2 is 2.06 bits per heavy atom. The zero-order chi connectivity index (χ0) is 22.2. The number of aromatic nitrogens is 4. The average Bonchev–Trinajstić information content (AvgIpc) is 3.41. The first-order valence-corrected chi connectivity index (χ1v) is 10.0. The number of fused-ring (bicyclic) bond motifs is 1. The molecule has 0 unspecified atom stereocenters. The second kappa shape index (κ2) is 7.80. The van der Waals surface area contributed by atoms with E-state index in [0.29, 0.717) is 47.4 Å². The van der Waals surface area contributed by atoms with Crippen LogP contribution in [0, 0.1) is 6.92 Å². The number of rotatable bonds is 4. The highest BCUT2D eigenvalue weighted by Crippen LogP contribution is 2.29. The molecule has 2 amide bonds. The molecule has 162 valence electrons. The minimum Gasteiger partial charge on any atom is -0.453 e. The van der Waals surface area contributed by atoms with Gasteiger partial charge < -0.3 is 19.5 Å². The minimum atomic E-state index is -0.370. The van der Waals surface area contributed by atoms with Gasteiger partial charge in [-0.25, -0.2) is 9.78 Å². The van der Waals surface area contributed by atoms with Gasteiger partial charge in [0.2, 0.25) is 11.7 Å². The predicted octanol–water partition coefficient (Wildman–Crippen LogP) is 3.11. The fourth-order valence-corrected chi connectivity index (χ4v) is 3.61. The lowest BCUT2D eigenvalue weighted by Crippen LogP contribution is -2.48. The summed E-state index contributed by atoms with van der Waals surface area (Å²) in [6.07, 6.45) is 2.97. The lowest BCUT2D eigenvalue weighted by Gasteiger charge is -2.35. The molecule has 1 fully saturated rings. The zero-order valence-electron chi connectivity index (χ0n) is 17.5. The summed E-state index contributed by atoms with van der Waals surface area (Å²) >= 11 is 0. The van der Waals surface area contributed by atoms with Crippen LogP contribution in [0.4, 0.5) is 10.5 Å². The molecule has 10 heteroatoms. The predicted molar refractivity (Wildman–Crippen MR) is 114 cm³/mol. The Morgan fingerprint density at radius 1 is 1.22 bits per heavy atom. The molecule has 0 atom stereocenters. The third-order valence-electron chi connectivity index (χ3n) is 5.50. The molecule has 0 bridgehead atoms. The molecule has 0 saturated carbocycles. The molecule has 0 radical (unpaired) electrons. The van der Waals surface area contributed by atoms with E-state index < -0.39 is 0 Å². The smallest absolute Gasteiger partial charge is 0.409 e. The van der Waals surface area contributed by atoms with Gasteiger partial charge in [-0.2, -0.15) is 4.98 Å². The Kier molecular flexibility index (Phi) is 4.81. The van der Waals surface area contributed by atoms with Gasteiger partial charge in [-0.05, 0) is 30.7 Å². The van der Waals surface area contributed by atoms with E-state index in [1.807, 2.05) is 43.3 Å². The number of anilines is 1. The summed E-state index contributed by atoms with van der Waals surface area (Å²) in [6, 6.07) is 11.1. The van der Waals surface area contributed by atoms with Gasteiger partial charge >= 0.3 is 6.09 Å². The van der Waals surface area contributed by atoms with Crippen molar-refractivity contribution in [2.24, 2.45) is 0 Å². The summed E-state index contributed by atoms with van der Waals surface area (Å²) in [5, 5.41) is 7.02. The minimum absolute atomic E-state index is 0.0184. The first-order valence-electron chi connectivity index (χ1n) is 10.0. The molecule has 1 aliphatic rings. The summed E-state index contributed by atoms with van der Waals surface area (Å²) in [4.78, 5) is 34.7.